The Bertz CT molecular complexity index is 992. The van der Waals surface area contributed by atoms with Crippen molar-refractivity contribution in [2.24, 2.45) is 5.73 Å². The first kappa shape index (κ1) is 18.0. The Kier molecular flexibility index (Phi) is 4.18. The number of H-pyrrole nitrogens is 2. The van der Waals surface area contributed by atoms with Crippen LogP contribution in [0.3, 0.4) is 0 Å². The summed E-state index contributed by atoms with van der Waals surface area (Å²) in [5.41, 5.74) is 8.62. The lowest BCUT2D eigenvalue weighted by molar-refractivity contribution is 0.0463. The molecule has 2 aromatic rings. The van der Waals surface area contributed by atoms with E-state index in [-0.39, 0.29) is 29.6 Å². The van der Waals surface area contributed by atoms with Gasteiger partial charge in [-0.15, -0.1) is 0 Å². The Morgan fingerprint density at radius 1 is 1.03 bits per heavy atom. The molecule has 29 heavy (non-hydrogen) atoms. The number of rotatable bonds is 3. The molecule has 2 saturated heterocycles. The molecule has 3 aliphatic rings. The van der Waals surface area contributed by atoms with Gasteiger partial charge in [-0.05, 0) is 44.6 Å². The standard InChI is InChI=1S/C20H24N6O3/c21-18(27)14-9-11(10-22-14)19(28)26-8-6-16-15(26)5-2-7-25(16)20(29)17-12-3-1-4-13(12)23-24-17/h9-10,15-16,22H,1-8H2,(H2,21,27)(H,23,24)/t15-,16-/m1/s1. The third kappa shape index (κ3) is 2.83. The molecule has 1 aliphatic carbocycles. The molecule has 3 amide bonds. The Labute approximate surface area is 167 Å². The summed E-state index contributed by atoms with van der Waals surface area (Å²) in [5, 5.41) is 7.33. The fraction of sp³-hybridized carbons (Fsp3) is 0.500. The minimum Gasteiger partial charge on any atom is -0.364 e. The third-order valence-electron chi connectivity index (χ3n) is 6.54. The summed E-state index contributed by atoms with van der Waals surface area (Å²) >= 11 is 0. The predicted molar refractivity (Wildman–Crippen MR) is 103 cm³/mol. The zero-order valence-corrected chi connectivity index (χ0v) is 16.1. The monoisotopic (exact) mass is 396 g/mol. The number of aromatic nitrogens is 3. The van der Waals surface area contributed by atoms with Crippen molar-refractivity contribution in [3.8, 4) is 0 Å². The molecule has 2 fully saturated rings. The highest BCUT2D eigenvalue weighted by Gasteiger charge is 2.45. The van der Waals surface area contributed by atoms with Gasteiger partial charge < -0.3 is 20.5 Å². The summed E-state index contributed by atoms with van der Waals surface area (Å²) in [6.07, 6.45) is 6.90. The normalized spacial score (nSPS) is 23.2. The van der Waals surface area contributed by atoms with Crippen molar-refractivity contribution in [1.29, 1.82) is 0 Å². The van der Waals surface area contributed by atoms with E-state index in [4.69, 9.17) is 5.73 Å². The topological polar surface area (TPSA) is 128 Å². The minimum absolute atomic E-state index is 0.00325. The molecule has 2 aliphatic heterocycles. The quantitative estimate of drug-likeness (QED) is 0.710. The summed E-state index contributed by atoms with van der Waals surface area (Å²) in [7, 11) is 0. The Morgan fingerprint density at radius 3 is 2.62 bits per heavy atom. The predicted octanol–water partition coefficient (Wildman–Crippen LogP) is 0.845. The van der Waals surface area contributed by atoms with Crippen LogP contribution in [0.5, 0.6) is 0 Å². The average molecular weight is 396 g/mol. The van der Waals surface area contributed by atoms with Crippen LogP contribution >= 0.6 is 0 Å². The van der Waals surface area contributed by atoms with E-state index < -0.39 is 5.91 Å². The fourth-order valence-corrected chi connectivity index (χ4v) is 5.15. The van der Waals surface area contributed by atoms with Crippen molar-refractivity contribution in [2.45, 2.75) is 50.6 Å². The summed E-state index contributed by atoms with van der Waals surface area (Å²) in [6, 6.07) is 1.49. The van der Waals surface area contributed by atoms with Gasteiger partial charge in [-0.25, -0.2) is 0 Å². The number of fused-ring (bicyclic) bond motifs is 2. The van der Waals surface area contributed by atoms with Crippen LogP contribution in [-0.2, 0) is 12.8 Å². The van der Waals surface area contributed by atoms with Gasteiger partial charge in [0.25, 0.3) is 17.7 Å². The number of carbonyl (C=O) groups excluding carboxylic acids is 3. The highest BCUT2D eigenvalue weighted by molar-refractivity contribution is 5.99. The van der Waals surface area contributed by atoms with Crippen LogP contribution in [0, 0.1) is 0 Å². The lowest BCUT2D eigenvalue weighted by atomic mass is 9.95. The number of piperidine rings is 1. The van der Waals surface area contributed by atoms with E-state index in [1.165, 1.54) is 12.3 Å². The molecule has 9 heteroatoms. The number of hydrogen-bond acceptors (Lipinski definition) is 4. The molecule has 0 saturated carbocycles. The van der Waals surface area contributed by atoms with Crippen LogP contribution in [-0.4, -0.2) is 67.9 Å². The van der Waals surface area contributed by atoms with E-state index >= 15 is 0 Å². The molecule has 4 heterocycles. The number of hydrogen-bond donors (Lipinski definition) is 3. The van der Waals surface area contributed by atoms with Gasteiger partial charge in [0.15, 0.2) is 5.69 Å². The van der Waals surface area contributed by atoms with E-state index in [0.29, 0.717) is 24.3 Å². The number of likely N-dealkylation sites (tertiary alicyclic amines) is 2. The zero-order valence-electron chi connectivity index (χ0n) is 16.1. The van der Waals surface area contributed by atoms with Gasteiger partial charge in [0.2, 0.25) is 0 Å². The number of nitrogens with zero attached hydrogens (tertiary/aromatic N) is 3. The van der Waals surface area contributed by atoms with Crippen molar-refractivity contribution in [3.63, 3.8) is 0 Å². The van der Waals surface area contributed by atoms with E-state index in [1.807, 2.05) is 9.80 Å². The van der Waals surface area contributed by atoms with Gasteiger partial charge in [0, 0.05) is 30.5 Å². The van der Waals surface area contributed by atoms with Gasteiger partial charge in [0.05, 0.1) is 17.6 Å². The molecule has 5 rings (SSSR count). The highest BCUT2D eigenvalue weighted by Crippen LogP contribution is 2.34. The van der Waals surface area contributed by atoms with E-state index in [0.717, 1.165) is 49.8 Å². The maximum atomic E-state index is 13.3. The molecule has 0 bridgehead atoms. The maximum Gasteiger partial charge on any atom is 0.274 e. The van der Waals surface area contributed by atoms with Gasteiger partial charge >= 0.3 is 0 Å². The summed E-state index contributed by atoms with van der Waals surface area (Å²) in [6.45, 7) is 1.29. The minimum atomic E-state index is -0.593. The van der Waals surface area contributed by atoms with E-state index in [9.17, 15) is 14.4 Å². The first-order valence-electron chi connectivity index (χ1n) is 10.2. The second-order valence-corrected chi connectivity index (χ2v) is 8.11. The fourth-order valence-electron chi connectivity index (χ4n) is 5.15. The zero-order chi connectivity index (χ0) is 20.1. The second-order valence-electron chi connectivity index (χ2n) is 8.11. The third-order valence-corrected chi connectivity index (χ3v) is 6.54. The largest absolute Gasteiger partial charge is 0.364 e. The Hall–Kier alpha value is -3.10. The summed E-state index contributed by atoms with van der Waals surface area (Å²) in [4.78, 5) is 44.1. The molecule has 2 atom stereocenters. The van der Waals surface area contributed by atoms with Crippen LogP contribution < -0.4 is 5.73 Å². The lowest BCUT2D eigenvalue weighted by Crippen LogP contribution is -2.53. The Balaban J connectivity index is 1.36. The van der Waals surface area contributed by atoms with Gasteiger partial charge in [-0.1, -0.05) is 0 Å². The SMILES string of the molecule is NC(=O)c1cc(C(=O)N2CC[C@@H]3[C@H]2CCCN3C(=O)c2n[nH]c3c2CCC3)c[nH]1. The number of aromatic amines is 2. The van der Waals surface area contributed by atoms with Crippen molar-refractivity contribution in [2.75, 3.05) is 13.1 Å². The van der Waals surface area contributed by atoms with Gasteiger partial charge in [-0.3, -0.25) is 19.5 Å². The highest BCUT2D eigenvalue weighted by atomic mass is 16.2. The number of amides is 3. The Morgan fingerprint density at radius 2 is 1.83 bits per heavy atom. The molecule has 152 valence electrons. The summed E-state index contributed by atoms with van der Waals surface area (Å²) in [5.74, 6) is -0.744. The average Bonchev–Trinajstić information content (AvgIpc) is 3.49. The van der Waals surface area contributed by atoms with E-state index in [2.05, 4.69) is 15.2 Å². The van der Waals surface area contributed by atoms with Crippen molar-refractivity contribution >= 4 is 17.7 Å². The summed E-state index contributed by atoms with van der Waals surface area (Å²) < 4.78 is 0. The van der Waals surface area contributed by atoms with Crippen LogP contribution in [0.2, 0.25) is 0 Å². The molecule has 0 spiro atoms. The number of nitrogens with two attached hydrogens (primary N) is 1. The first-order chi connectivity index (χ1) is 14.0. The molecule has 4 N–H and O–H groups in total. The number of primary amides is 1. The maximum absolute atomic E-state index is 13.3. The molecule has 0 unspecified atom stereocenters. The molecule has 2 aromatic heterocycles. The van der Waals surface area contributed by atoms with Crippen LogP contribution in [0.1, 0.15) is 68.3 Å². The molecular weight excluding hydrogens is 372 g/mol. The number of nitrogens with one attached hydrogen (secondary N) is 2. The van der Waals surface area contributed by atoms with Gasteiger partial charge in [0.1, 0.15) is 5.69 Å². The molecule has 9 nitrogen and oxygen atoms in total. The van der Waals surface area contributed by atoms with Gasteiger partial charge in [-0.2, -0.15) is 5.10 Å². The molecule has 0 aromatic carbocycles. The number of aryl methyl sites for hydroxylation is 1. The number of carbonyl (C=O) groups is 3. The van der Waals surface area contributed by atoms with E-state index in [1.54, 1.807) is 0 Å². The van der Waals surface area contributed by atoms with Crippen molar-refractivity contribution in [1.82, 2.24) is 25.0 Å². The van der Waals surface area contributed by atoms with Crippen LogP contribution in [0.25, 0.3) is 0 Å². The van der Waals surface area contributed by atoms with Crippen LogP contribution in [0.15, 0.2) is 12.3 Å². The second kappa shape index (κ2) is 6.75. The van der Waals surface area contributed by atoms with Crippen molar-refractivity contribution < 1.29 is 14.4 Å². The van der Waals surface area contributed by atoms with Crippen molar-refractivity contribution in [3.05, 3.63) is 40.5 Å². The lowest BCUT2D eigenvalue weighted by Gasteiger charge is -2.39. The van der Waals surface area contributed by atoms with Crippen LogP contribution in [0.4, 0.5) is 0 Å². The molecular formula is C20H24N6O3. The first-order valence-corrected chi connectivity index (χ1v) is 10.2. The molecule has 0 radical (unpaired) electrons. The smallest absolute Gasteiger partial charge is 0.274 e.